The highest BCUT2D eigenvalue weighted by molar-refractivity contribution is 6.33. The molecular weight excluding hydrogens is 748 g/mol. The monoisotopic (exact) mass is 782 g/mol. The number of nitrogens with one attached hydrogen (secondary N) is 1. The Morgan fingerprint density at radius 2 is 1.69 bits per heavy atom. The van der Waals surface area contributed by atoms with Crippen LogP contribution in [0.5, 0.6) is 11.5 Å². The van der Waals surface area contributed by atoms with Gasteiger partial charge in [0.1, 0.15) is 0 Å². The second kappa shape index (κ2) is 13.3. The van der Waals surface area contributed by atoms with Gasteiger partial charge in [-0.25, -0.2) is 4.98 Å². The molecule has 2 aliphatic heterocycles. The molecule has 2 saturated heterocycles. The van der Waals surface area contributed by atoms with E-state index < -0.39 is 63.6 Å². The fourth-order valence-electron chi connectivity index (χ4n) is 9.79. The van der Waals surface area contributed by atoms with E-state index in [0.717, 1.165) is 37.1 Å². The summed E-state index contributed by atoms with van der Waals surface area (Å²) in [5.41, 5.74) is 0.937. The fourth-order valence-corrected chi connectivity index (χ4v) is 10.1. The Labute approximate surface area is 318 Å². The second-order valence-electron chi connectivity index (χ2n) is 14.7. The first-order valence-corrected chi connectivity index (χ1v) is 18.6. The molecule has 3 aromatic rings. The largest absolute Gasteiger partial charge is 0.504 e. The van der Waals surface area contributed by atoms with Crippen LogP contribution in [0.25, 0.3) is 0 Å². The number of anilines is 1. The second-order valence-corrected chi connectivity index (χ2v) is 15.5. The zero-order valence-electron chi connectivity index (χ0n) is 28.9. The van der Waals surface area contributed by atoms with Crippen LogP contribution < -0.4 is 10.2 Å². The summed E-state index contributed by atoms with van der Waals surface area (Å²) in [7, 11) is 1.38. The first kappa shape index (κ1) is 36.4. The molecule has 0 radical (unpaired) electrons. The summed E-state index contributed by atoms with van der Waals surface area (Å²) < 4.78 is 45.9. The number of para-hydroxylation sites is 1. The molecule has 6 atom stereocenters. The molecule has 10 nitrogen and oxygen atoms in total. The van der Waals surface area contributed by atoms with Crippen LogP contribution in [0.1, 0.15) is 67.6 Å². The number of aromatic nitrogens is 1. The molecule has 0 spiro atoms. The summed E-state index contributed by atoms with van der Waals surface area (Å²) in [5.74, 6) is -7.04. The highest BCUT2D eigenvalue weighted by Crippen LogP contribution is 2.65. The van der Waals surface area contributed by atoms with E-state index in [2.05, 4.69) is 10.4 Å². The minimum absolute atomic E-state index is 0.0225. The lowest BCUT2D eigenvalue weighted by atomic mass is 9.49. The van der Waals surface area contributed by atoms with Crippen molar-refractivity contribution in [3.8, 4) is 11.5 Å². The Morgan fingerprint density at radius 1 is 0.963 bits per heavy atom. The third-order valence-electron chi connectivity index (χ3n) is 12.1. The first-order chi connectivity index (χ1) is 25.8. The van der Waals surface area contributed by atoms with Crippen LogP contribution in [0.15, 0.2) is 66.4 Å². The number of hydrogen-bond acceptors (Lipinski definition) is 8. The molecule has 3 aliphatic carbocycles. The number of likely N-dealkylation sites (tertiary alicyclic amines) is 1. The fraction of sp³-hybridized carbons (Fsp3) is 0.410. The van der Waals surface area contributed by atoms with Gasteiger partial charge < -0.3 is 9.84 Å². The number of hydrogen-bond donors (Lipinski definition) is 2. The lowest BCUT2D eigenvalue weighted by Gasteiger charge is -2.50. The van der Waals surface area contributed by atoms with E-state index in [0.29, 0.717) is 28.4 Å². The first-order valence-electron chi connectivity index (χ1n) is 17.9. The number of imide groups is 2. The smallest absolute Gasteiger partial charge is 0.417 e. The number of nitrogens with zero attached hydrogens (tertiary/aromatic N) is 3. The zero-order chi connectivity index (χ0) is 38.3. The van der Waals surface area contributed by atoms with Crippen LogP contribution in [0.4, 0.5) is 19.0 Å². The van der Waals surface area contributed by atoms with Gasteiger partial charge in [0, 0.05) is 28.7 Å². The molecule has 6 unspecified atom stereocenters. The Balaban J connectivity index is 1.31. The summed E-state index contributed by atoms with van der Waals surface area (Å²) >= 11 is 12.6. The molecular formula is C39H35Cl2F3N4O6. The van der Waals surface area contributed by atoms with Crippen LogP contribution in [-0.2, 0) is 30.8 Å². The number of carbonyl (C=O) groups is 4. The molecule has 54 heavy (non-hydrogen) atoms. The van der Waals surface area contributed by atoms with Crippen molar-refractivity contribution in [1.82, 2.24) is 14.9 Å². The zero-order valence-corrected chi connectivity index (χ0v) is 30.4. The van der Waals surface area contributed by atoms with Crippen molar-refractivity contribution >= 4 is 52.6 Å². The molecule has 2 aromatic carbocycles. The van der Waals surface area contributed by atoms with Crippen molar-refractivity contribution in [1.29, 1.82) is 0 Å². The van der Waals surface area contributed by atoms with E-state index in [1.165, 1.54) is 12.0 Å². The number of alkyl halides is 3. The number of methoxy groups -OCH3 is 1. The van der Waals surface area contributed by atoms with Crippen molar-refractivity contribution in [2.45, 2.75) is 68.5 Å². The number of phenols is 1. The Morgan fingerprint density at radius 3 is 2.35 bits per heavy atom. The summed E-state index contributed by atoms with van der Waals surface area (Å²) in [4.78, 5) is 63.9. The lowest BCUT2D eigenvalue weighted by Crippen LogP contribution is -2.53. The van der Waals surface area contributed by atoms with Gasteiger partial charge in [-0.3, -0.25) is 29.5 Å². The van der Waals surface area contributed by atoms with Gasteiger partial charge in [-0.2, -0.15) is 18.2 Å². The van der Waals surface area contributed by atoms with Crippen molar-refractivity contribution in [2.75, 3.05) is 12.5 Å². The number of amides is 4. The SMILES string of the molecule is COc1cccc(C2C3=CCC4C(=O)N(C5CCCCC5)C(=O)C4C3CC3C(=O)N(Nc4ncc(C(F)(F)F)cc4Cl)C(=O)C32c2ccc(Cl)cc2)c1O. The van der Waals surface area contributed by atoms with Crippen LogP contribution >= 0.6 is 23.2 Å². The Kier molecular flexibility index (Phi) is 8.95. The van der Waals surface area contributed by atoms with Gasteiger partial charge in [-0.15, -0.1) is 0 Å². The summed E-state index contributed by atoms with van der Waals surface area (Å²) in [5, 5.41) is 12.4. The Hall–Kier alpha value is -4.62. The molecule has 2 saturated carbocycles. The van der Waals surface area contributed by atoms with Crippen LogP contribution in [0.3, 0.4) is 0 Å². The molecule has 8 rings (SSSR count). The van der Waals surface area contributed by atoms with Crippen molar-refractivity contribution in [2.24, 2.45) is 23.7 Å². The Bertz CT molecular complexity index is 2110. The summed E-state index contributed by atoms with van der Waals surface area (Å²) in [6.45, 7) is 0. The van der Waals surface area contributed by atoms with E-state index in [1.54, 1.807) is 42.5 Å². The van der Waals surface area contributed by atoms with Crippen LogP contribution in [0, 0.1) is 23.7 Å². The maximum absolute atomic E-state index is 15.3. The minimum atomic E-state index is -4.75. The normalized spacial score (nSPS) is 28.5. The number of aromatic hydroxyl groups is 1. The molecule has 282 valence electrons. The van der Waals surface area contributed by atoms with E-state index in [1.807, 2.05) is 6.08 Å². The number of benzene rings is 2. The predicted octanol–water partition coefficient (Wildman–Crippen LogP) is 7.44. The number of carbonyl (C=O) groups excluding carboxylic acids is 4. The summed E-state index contributed by atoms with van der Waals surface area (Å²) in [6.07, 6.45) is 2.14. The van der Waals surface area contributed by atoms with Gasteiger partial charge >= 0.3 is 6.18 Å². The number of rotatable bonds is 6. The number of halogens is 5. The number of pyridine rings is 1. The third-order valence-corrected chi connectivity index (χ3v) is 12.6. The number of ether oxygens (including phenoxy) is 1. The van der Waals surface area contributed by atoms with Gasteiger partial charge in [0.25, 0.3) is 11.8 Å². The third kappa shape index (κ3) is 5.40. The quantitative estimate of drug-likeness (QED) is 0.195. The van der Waals surface area contributed by atoms with Gasteiger partial charge in [-0.1, -0.05) is 78.4 Å². The molecule has 3 heterocycles. The number of allylic oxidation sites excluding steroid dienone is 2. The number of hydrazine groups is 1. The van der Waals surface area contributed by atoms with E-state index >= 15 is 4.79 Å². The van der Waals surface area contributed by atoms with Crippen molar-refractivity contribution < 1.29 is 42.2 Å². The van der Waals surface area contributed by atoms with Crippen molar-refractivity contribution in [3.63, 3.8) is 0 Å². The molecule has 15 heteroatoms. The molecule has 0 bridgehead atoms. The van der Waals surface area contributed by atoms with E-state index in [-0.39, 0.29) is 53.6 Å². The highest BCUT2D eigenvalue weighted by Gasteiger charge is 2.71. The molecule has 4 amide bonds. The van der Waals surface area contributed by atoms with Crippen molar-refractivity contribution in [3.05, 3.63) is 93.1 Å². The van der Waals surface area contributed by atoms with E-state index in [9.17, 15) is 32.7 Å². The lowest BCUT2D eigenvalue weighted by molar-refractivity contribution is -0.144. The van der Waals surface area contributed by atoms with Crippen LogP contribution in [0.2, 0.25) is 10.0 Å². The van der Waals surface area contributed by atoms with Gasteiger partial charge in [0.15, 0.2) is 17.3 Å². The molecule has 5 aliphatic rings. The topological polar surface area (TPSA) is 129 Å². The van der Waals surface area contributed by atoms with Gasteiger partial charge in [0.2, 0.25) is 11.8 Å². The highest BCUT2D eigenvalue weighted by atomic mass is 35.5. The number of phenolic OH excluding ortho intramolecular Hbond substituents is 1. The average Bonchev–Trinajstić information content (AvgIpc) is 3.53. The number of fused-ring (bicyclic) bond motifs is 4. The standard InChI is InChI=1S/C39H35Cl2F3N4O6/c1-54-29-9-5-8-25(32(29)49)31-23-14-15-24-30(36(52)47(34(24)50)22-6-3-2-4-7-22)26(23)17-27-35(51)48(37(53)38(27,31)19-10-12-21(40)13-11-19)46-33-28(41)16-20(18-45-33)39(42,43)44/h5,8-14,16,18,22,24,26-27,30-31,49H,2-4,6-7,15,17H2,1H3,(H,45,46). The summed E-state index contributed by atoms with van der Waals surface area (Å²) in [6, 6.07) is 11.7. The van der Waals surface area contributed by atoms with Crippen LogP contribution in [-0.4, -0.2) is 56.8 Å². The van der Waals surface area contributed by atoms with Gasteiger partial charge in [-0.05, 0) is 61.4 Å². The van der Waals surface area contributed by atoms with E-state index in [4.69, 9.17) is 27.9 Å². The molecule has 1 aromatic heterocycles. The maximum atomic E-state index is 15.3. The average molecular weight is 784 g/mol. The minimum Gasteiger partial charge on any atom is -0.504 e. The maximum Gasteiger partial charge on any atom is 0.417 e. The molecule has 4 fully saturated rings. The van der Waals surface area contributed by atoms with Gasteiger partial charge in [0.05, 0.1) is 40.9 Å². The predicted molar refractivity (Wildman–Crippen MR) is 190 cm³/mol. The molecule has 2 N–H and O–H groups in total.